The van der Waals surface area contributed by atoms with Crippen LogP contribution < -0.4 is 15.5 Å². The lowest BCUT2D eigenvalue weighted by molar-refractivity contribution is -0.119. The summed E-state index contributed by atoms with van der Waals surface area (Å²) in [7, 11) is 0. The summed E-state index contributed by atoms with van der Waals surface area (Å²) in [5.74, 6) is 0.469. The molecule has 1 aromatic heterocycles. The fraction of sp³-hybridized carbons (Fsp3) is 0.524. The lowest BCUT2D eigenvalue weighted by Gasteiger charge is -2.28. The van der Waals surface area contributed by atoms with E-state index in [-0.39, 0.29) is 11.9 Å². The van der Waals surface area contributed by atoms with E-state index in [0.29, 0.717) is 5.16 Å². The first-order valence-electron chi connectivity index (χ1n) is 10.6. The van der Waals surface area contributed by atoms with E-state index >= 15 is 0 Å². The van der Waals surface area contributed by atoms with Crippen LogP contribution >= 0.6 is 11.8 Å². The molecule has 1 aromatic carbocycles. The number of nitrogens with zero attached hydrogens (tertiary/aromatic N) is 4. The summed E-state index contributed by atoms with van der Waals surface area (Å²) in [6, 6.07) is 7.99. The molecule has 3 amide bonds. The number of piperidine rings is 1. The third-order valence-corrected chi connectivity index (χ3v) is 6.39. The number of thioether (sulfide) groups is 1. The van der Waals surface area contributed by atoms with E-state index in [2.05, 4.69) is 44.8 Å². The number of aryl methyl sites for hydroxylation is 1. The summed E-state index contributed by atoms with van der Waals surface area (Å²) in [6.07, 6.45) is 5.46. The molecule has 1 saturated heterocycles. The molecule has 0 radical (unpaired) electrons. The van der Waals surface area contributed by atoms with Crippen molar-refractivity contribution in [2.24, 2.45) is 0 Å². The Morgan fingerprint density at radius 1 is 1.10 bits per heavy atom. The number of imide groups is 1. The fourth-order valence-electron chi connectivity index (χ4n) is 3.43. The Kier molecular flexibility index (Phi) is 6.26. The number of amides is 3. The predicted octanol–water partition coefficient (Wildman–Crippen LogP) is 3.03. The second-order valence-corrected chi connectivity index (χ2v) is 9.31. The first kappa shape index (κ1) is 20.7. The lowest BCUT2D eigenvalue weighted by Crippen LogP contribution is -2.43. The largest absolute Gasteiger partial charge is 0.341 e. The van der Waals surface area contributed by atoms with Crippen molar-refractivity contribution >= 4 is 29.6 Å². The third-order valence-electron chi connectivity index (χ3n) is 5.35. The molecule has 1 atom stereocenters. The van der Waals surface area contributed by atoms with Crippen molar-refractivity contribution in [1.29, 1.82) is 0 Å². The van der Waals surface area contributed by atoms with Crippen molar-refractivity contribution in [2.45, 2.75) is 62.4 Å². The Balaban J connectivity index is 1.54. The second kappa shape index (κ2) is 9.07. The molecule has 2 fully saturated rings. The van der Waals surface area contributed by atoms with Crippen LogP contribution in [-0.4, -0.2) is 51.1 Å². The highest BCUT2D eigenvalue weighted by atomic mass is 32.2. The first-order chi connectivity index (χ1) is 14.5. The van der Waals surface area contributed by atoms with E-state index in [1.807, 2.05) is 16.7 Å². The molecule has 2 N–H and O–H groups in total. The molecular formula is C21H28N6O2S. The molecule has 0 spiro atoms. The van der Waals surface area contributed by atoms with E-state index < -0.39 is 11.3 Å². The van der Waals surface area contributed by atoms with Crippen molar-refractivity contribution in [1.82, 2.24) is 25.4 Å². The van der Waals surface area contributed by atoms with Gasteiger partial charge in [0, 0.05) is 19.1 Å². The molecule has 0 bridgehead atoms. The zero-order valence-electron chi connectivity index (χ0n) is 17.4. The van der Waals surface area contributed by atoms with Crippen molar-refractivity contribution in [3.63, 3.8) is 0 Å². The molecule has 2 aromatic rings. The zero-order chi connectivity index (χ0) is 21.1. The number of anilines is 1. The van der Waals surface area contributed by atoms with Crippen LogP contribution in [-0.2, 0) is 4.79 Å². The third kappa shape index (κ3) is 4.95. The molecule has 30 heavy (non-hydrogen) atoms. The summed E-state index contributed by atoms with van der Waals surface area (Å²) in [5.41, 5.74) is 2.14. The molecule has 9 heteroatoms. The number of aromatic nitrogens is 3. The van der Waals surface area contributed by atoms with Crippen LogP contribution in [0, 0.1) is 6.92 Å². The quantitative estimate of drug-likeness (QED) is 0.687. The van der Waals surface area contributed by atoms with E-state index in [4.69, 9.17) is 0 Å². The van der Waals surface area contributed by atoms with Gasteiger partial charge in [-0.1, -0.05) is 29.5 Å². The van der Waals surface area contributed by atoms with Gasteiger partial charge in [0.05, 0.1) is 10.9 Å². The molecule has 8 nitrogen and oxygen atoms in total. The zero-order valence-corrected chi connectivity index (χ0v) is 18.2. The van der Waals surface area contributed by atoms with E-state index in [0.717, 1.165) is 50.4 Å². The van der Waals surface area contributed by atoms with Crippen LogP contribution in [0.25, 0.3) is 5.69 Å². The van der Waals surface area contributed by atoms with Crippen molar-refractivity contribution in [3.8, 4) is 5.69 Å². The Labute approximate surface area is 180 Å². The van der Waals surface area contributed by atoms with Crippen LogP contribution in [0.1, 0.15) is 44.6 Å². The van der Waals surface area contributed by atoms with Crippen LogP contribution in [0.4, 0.5) is 10.7 Å². The summed E-state index contributed by atoms with van der Waals surface area (Å²) in [6.45, 7) is 5.73. The Morgan fingerprint density at radius 3 is 2.47 bits per heavy atom. The number of carbonyl (C=O) groups is 2. The summed E-state index contributed by atoms with van der Waals surface area (Å²) in [4.78, 5) is 26.7. The number of hydrogen-bond donors (Lipinski definition) is 2. The lowest BCUT2D eigenvalue weighted by atomic mass is 10.1. The van der Waals surface area contributed by atoms with Crippen LogP contribution in [0.5, 0.6) is 0 Å². The van der Waals surface area contributed by atoms with Gasteiger partial charge in [0.2, 0.25) is 11.9 Å². The summed E-state index contributed by atoms with van der Waals surface area (Å²) in [5, 5.41) is 14.2. The monoisotopic (exact) mass is 428 g/mol. The topological polar surface area (TPSA) is 92.2 Å². The van der Waals surface area contributed by atoms with Gasteiger partial charge in [-0.15, -0.1) is 10.2 Å². The number of carbonyl (C=O) groups excluding carboxylic acids is 2. The normalized spacial score (nSPS) is 17.5. The SMILES string of the molecule is Cc1ccc(-n2c(SC(C)C(=O)NC(=O)NC3CC3)nnc2N2CCCCC2)cc1. The van der Waals surface area contributed by atoms with E-state index in [9.17, 15) is 9.59 Å². The van der Waals surface area contributed by atoms with Gasteiger partial charge in [-0.3, -0.25) is 14.7 Å². The maximum Gasteiger partial charge on any atom is 0.321 e. The minimum Gasteiger partial charge on any atom is -0.341 e. The van der Waals surface area contributed by atoms with Crippen molar-refractivity contribution in [3.05, 3.63) is 29.8 Å². The molecule has 1 aliphatic carbocycles. The van der Waals surface area contributed by atoms with Crippen LogP contribution in [0.3, 0.4) is 0 Å². The highest BCUT2D eigenvalue weighted by Gasteiger charge is 2.27. The van der Waals surface area contributed by atoms with Crippen molar-refractivity contribution < 1.29 is 9.59 Å². The number of rotatable bonds is 6. The molecule has 1 aliphatic heterocycles. The Bertz CT molecular complexity index is 903. The second-order valence-electron chi connectivity index (χ2n) is 8.00. The van der Waals surface area contributed by atoms with Gasteiger partial charge < -0.3 is 10.2 Å². The number of hydrogen-bond acceptors (Lipinski definition) is 6. The Hall–Kier alpha value is -2.55. The maximum atomic E-state index is 12.5. The average molecular weight is 429 g/mol. The fourth-order valence-corrected chi connectivity index (χ4v) is 4.29. The Morgan fingerprint density at radius 2 is 1.80 bits per heavy atom. The molecule has 2 heterocycles. The number of nitrogens with one attached hydrogen (secondary N) is 2. The van der Waals surface area contributed by atoms with Gasteiger partial charge in [-0.2, -0.15) is 0 Å². The molecule has 160 valence electrons. The maximum absolute atomic E-state index is 12.5. The van der Waals surface area contributed by atoms with Gasteiger partial charge in [-0.25, -0.2) is 4.79 Å². The van der Waals surface area contributed by atoms with Gasteiger partial charge in [0.15, 0.2) is 5.16 Å². The average Bonchev–Trinajstić information content (AvgIpc) is 3.46. The molecule has 1 saturated carbocycles. The van der Waals surface area contributed by atoms with E-state index in [1.54, 1.807) is 6.92 Å². The minimum atomic E-state index is -0.488. The van der Waals surface area contributed by atoms with Gasteiger partial charge in [-0.05, 0) is 58.1 Å². The number of benzene rings is 1. The minimum absolute atomic E-state index is 0.206. The molecule has 1 unspecified atom stereocenters. The van der Waals surface area contributed by atoms with Crippen molar-refractivity contribution in [2.75, 3.05) is 18.0 Å². The number of urea groups is 1. The predicted molar refractivity (Wildman–Crippen MR) is 117 cm³/mol. The van der Waals surface area contributed by atoms with Gasteiger partial charge in [0.1, 0.15) is 0 Å². The first-order valence-corrected chi connectivity index (χ1v) is 11.4. The highest BCUT2D eigenvalue weighted by molar-refractivity contribution is 8.00. The van der Waals surface area contributed by atoms with E-state index in [1.165, 1.54) is 23.7 Å². The van der Waals surface area contributed by atoms with Crippen LogP contribution in [0.15, 0.2) is 29.4 Å². The smallest absolute Gasteiger partial charge is 0.321 e. The molecular weight excluding hydrogens is 400 g/mol. The summed E-state index contributed by atoms with van der Waals surface area (Å²) >= 11 is 1.31. The molecule has 2 aliphatic rings. The summed E-state index contributed by atoms with van der Waals surface area (Å²) < 4.78 is 2.02. The standard InChI is InChI=1S/C21H28N6O2S/c1-14-6-10-17(11-7-14)27-20(26-12-4-3-5-13-26)24-25-21(27)30-15(2)18(28)23-19(29)22-16-8-9-16/h6-7,10-11,15-16H,3-5,8-9,12-13H2,1-2H3,(H2,22,23,28,29). The van der Waals surface area contributed by atoms with Crippen LogP contribution in [0.2, 0.25) is 0 Å². The van der Waals surface area contributed by atoms with Gasteiger partial charge in [0.25, 0.3) is 0 Å². The molecule has 4 rings (SSSR count). The highest BCUT2D eigenvalue weighted by Crippen LogP contribution is 2.30. The van der Waals surface area contributed by atoms with Gasteiger partial charge >= 0.3 is 6.03 Å².